The Morgan fingerprint density at radius 2 is 0.609 bits per heavy atom. The minimum Gasteiger partial charge on any atom is -0.455 e. The molecule has 0 aliphatic heterocycles. The molecule has 19 rings (SSSR count). The van der Waals surface area contributed by atoms with E-state index in [4.69, 9.17) is 8.83 Å². The largest absolute Gasteiger partial charge is 0.455 e. The van der Waals surface area contributed by atoms with Crippen molar-refractivity contribution in [3.05, 3.63) is 290 Å². The number of halogens is 2. The number of nitrogens with zero attached hydrogens (tertiary/aromatic N) is 4. The lowest BCUT2D eigenvalue weighted by Gasteiger charge is -2.41. The molecule has 0 saturated heterocycles. The van der Waals surface area contributed by atoms with Crippen LogP contribution >= 0.6 is 0 Å². The fourth-order valence-electron chi connectivity index (χ4n) is 16.4. The van der Waals surface area contributed by atoms with Crippen LogP contribution in [0, 0.1) is 11.6 Å². The van der Waals surface area contributed by atoms with Gasteiger partial charge in [-0.2, -0.15) is 0 Å². The Morgan fingerprint density at radius 1 is 0.283 bits per heavy atom. The summed E-state index contributed by atoms with van der Waals surface area (Å²) < 4.78 is 58.9. The molecule has 92 heavy (non-hydrogen) atoms. The number of hydrogen-bond donors (Lipinski definition) is 0. The van der Waals surface area contributed by atoms with Gasteiger partial charge in [0.15, 0.2) is 0 Å². The number of benzene rings is 13. The molecule has 0 amide bonds. The van der Waals surface area contributed by atoms with Gasteiger partial charge in [-0.3, -0.25) is 0 Å². The van der Waals surface area contributed by atoms with Crippen LogP contribution in [0.1, 0.15) is 38.8 Å². The minimum absolute atomic E-state index is 0.392. The number of aromatic nitrogens is 4. The van der Waals surface area contributed by atoms with Crippen molar-refractivity contribution in [3.8, 4) is 33.6 Å². The maximum Gasteiger partial charge on any atom is 0.145 e. The molecule has 6 heterocycles. The third-order valence-electron chi connectivity index (χ3n) is 20.0. The first kappa shape index (κ1) is 52.5. The summed E-state index contributed by atoms with van der Waals surface area (Å²) in [5.41, 5.74) is 14.9. The van der Waals surface area contributed by atoms with Crippen LogP contribution in [0.3, 0.4) is 0 Å². The molecule has 8 heteroatoms. The Kier molecular flexibility index (Phi) is 10.8. The highest BCUT2D eigenvalue weighted by Crippen LogP contribution is 2.58. The third kappa shape index (κ3) is 7.06. The smallest absolute Gasteiger partial charge is 0.145 e. The topological polar surface area (TPSA) is 46.0 Å². The molecule has 0 aliphatic carbocycles. The maximum absolute atomic E-state index is 17.4. The van der Waals surface area contributed by atoms with Crippen molar-refractivity contribution < 1.29 is 17.6 Å². The number of hydrogen-bond acceptors (Lipinski definition) is 2. The SMILES string of the molecule is CC(C)(c1c(-c2cccc(F)c2)c(-n2c3ccccc3c3c4oc5ccccc5c4ccc32)c(C(C)(C)n2c3ccccc3c3ccccc32)c(-n2c3ccccc3c3c4oc5ccccc5c4ccc32)c1-c1cccc(F)c1)n1c2ccccc2c2ccccc21. The van der Waals surface area contributed by atoms with E-state index in [9.17, 15) is 0 Å². The molecule has 19 aromatic rings. The summed E-state index contributed by atoms with van der Waals surface area (Å²) in [6.45, 7) is 9.28. The maximum atomic E-state index is 17.4. The van der Waals surface area contributed by atoms with Gasteiger partial charge in [0.2, 0.25) is 0 Å². The molecule has 6 nitrogen and oxygen atoms in total. The van der Waals surface area contributed by atoms with Gasteiger partial charge in [-0.1, -0.05) is 170 Å². The van der Waals surface area contributed by atoms with Crippen molar-refractivity contribution in [3.63, 3.8) is 0 Å². The molecule has 438 valence electrons. The molecular formula is C84H56F2N4O2. The van der Waals surface area contributed by atoms with Gasteiger partial charge in [0.25, 0.3) is 0 Å². The first-order chi connectivity index (χ1) is 45.0. The predicted octanol–water partition coefficient (Wildman–Crippen LogP) is 23.1. The zero-order valence-electron chi connectivity index (χ0n) is 50.8. The molecule has 0 aliphatic rings. The molecule has 0 spiro atoms. The Morgan fingerprint density at radius 3 is 0.989 bits per heavy atom. The van der Waals surface area contributed by atoms with Crippen LogP contribution in [0.4, 0.5) is 8.78 Å². The number of rotatable bonds is 8. The van der Waals surface area contributed by atoms with Crippen LogP contribution in [0.25, 0.3) is 165 Å². The Balaban J connectivity index is 1.15. The highest BCUT2D eigenvalue weighted by atomic mass is 19.1. The predicted molar refractivity (Wildman–Crippen MR) is 376 cm³/mol. The van der Waals surface area contributed by atoms with E-state index in [0.717, 1.165) is 165 Å². The van der Waals surface area contributed by atoms with E-state index in [-0.39, 0.29) is 0 Å². The molecule has 0 saturated carbocycles. The first-order valence-electron chi connectivity index (χ1n) is 31.5. The number of furan rings is 2. The van der Waals surface area contributed by atoms with Gasteiger partial charge in [0, 0.05) is 92.6 Å². The molecular weight excluding hydrogens is 1130 g/mol. The summed E-state index contributed by atoms with van der Waals surface area (Å²) in [6.07, 6.45) is 0. The van der Waals surface area contributed by atoms with E-state index in [1.54, 1.807) is 12.1 Å². The van der Waals surface area contributed by atoms with Crippen molar-refractivity contribution in [2.75, 3.05) is 0 Å². The Labute approximate surface area is 526 Å². The summed E-state index contributed by atoms with van der Waals surface area (Å²) >= 11 is 0. The Bertz CT molecular complexity index is 6010. The van der Waals surface area contributed by atoms with Gasteiger partial charge < -0.3 is 27.1 Å². The highest BCUT2D eigenvalue weighted by molar-refractivity contribution is 6.26. The summed E-state index contributed by atoms with van der Waals surface area (Å²) in [4.78, 5) is 0. The minimum atomic E-state index is -1.09. The highest BCUT2D eigenvalue weighted by Gasteiger charge is 2.44. The second-order valence-electron chi connectivity index (χ2n) is 25.6. The fraction of sp³-hybridized carbons (Fsp3) is 0.0714. The monoisotopic (exact) mass is 1190 g/mol. The number of para-hydroxylation sites is 8. The van der Waals surface area contributed by atoms with Crippen LogP contribution in [0.2, 0.25) is 0 Å². The molecule has 6 aromatic heterocycles. The van der Waals surface area contributed by atoms with Crippen LogP contribution in [0.15, 0.2) is 276 Å². The van der Waals surface area contributed by atoms with Crippen molar-refractivity contribution in [2.24, 2.45) is 0 Å². The van der Waals surface area contributed by atoms with Gasteiger partial charge in [0.1, 0.15) is 34.0 Å². The third-order valence-corrected chi connectivity index (χ3v) is 20.0. The van der Waals surface area contributed by atoms with Crippen LogP contribution < -0.4 is 0 Å². The molecule has 0 fully saturated rings. The summed E-state index contributed by atoms with van der Waals surface area (Å²) in [6, 6.07) is 91.6. The van der Waals surface area contributed by atoms with Gasteiger partial charge >= 0.3 is 0 Å². The lowest BCUT2D eigenvalue weighted by Crippen LogP contribution is -2.35. The second-order valence-corrected chi connectivity index (χ2v) is 25.6. The van der Waals surface area contributed by atoms with E-state index < -0.39 is 22.7 Å². The molecule has 13 aromatic carbocycles. The van der Waals surface area contributed by atoms with E-state index in [2.05, 4.69) is 252 Å². The van der Waals surface area contributed by atoms with Crippen molar-refractivity contribution in [1.29, 1.82) is 0 Å². The van der Waals surface area contributed by atoms with Crippen molar-refractivity contribution in [1.82, 2.24) is 18.3 Å². The van der Waals surface area contributed by atoms with Crippen molar-refractivity contribution >= 4 is 131 Å². The molecule has 0 atom stereocenters. The van der Waals surface area contributed by atoms with E-state index in [0.29, 0.717) is 11.1 Å². The lowest BCUT2D eigenvalue weighted by atomic mass is 9.74. The summed E-state index contributed by atoms with van der Waals surface area (Å²) in [5.74, 6) is -0.783. The average Bonchev–Trinajstić information content (AvgIpc) is 1.39. The summed E-state index contributed by atoms with van der Waals surface area (Å²) in [7, 11) is 0. The van der Waals surface area contributed by atoms with Gasteiger partial charge in [0.05, 0.1) is 55.3 Å². The molecule has 0 radical (unpaired) electrons. The fourth-order valence-corrected chi connectivity index (χ4v) is 16.4. The standard InChI is InChI=1S/C84H56F2N4O2/c1-83(2,89-65-37-15-5-27-53(65)54-28-6-16-38-66(54)89)77-73(49-23-21-25-51(85)47-49)79(87-63-35-13-9-33-61(63)75-69(87)45-43-59-57-31-11-19-41-71(57)91-81(59)75)78(84(3,4)90-67-39-17-7-29-55(67)56-30-8-18-40-68(56)90)80(74(77)50-24-22-26-52(86)48-50)88-64-36-14-10-34-62(64)76-70(88)46-44-60-58-32-12-20-42-72(58)92-82(60)76/h5-48H,1-4H3. The van der Waals surface area contributed by atoms with E-state index in [1.165, 1.54) is 12.1 Å². The summed E-state index contributed by atoms with van der Waals surface area (Å²) in [5, 5.41) is 12.3. The normalized spacial score (nSPS) is 12.7. The van der Waals surface area contributed by atoms with E-state index >= 15 is 8.78 Å². The average molecular weight is 1190 g/mol. The molecule has 0 bridgehead atoms. The Hall–Kier alpha value is -11.5. The molecule has 0 N–H and O–H groups in total. The number of fused-ring (bicyclic) bond motifs is 20. The van der Waals surface area contributed by atoms with Crippen LogP contribution in [0.5, 0.6) is 0 Å². The lowest BCUT2D eigenvalue weighted by molar-refractivity contribution is 0.455. The van der Waals surface area contributed by atoms with Crippen LogP contribution in [-0.4, -0.2) is 18.3 Å². The zero-order chi connectivity index (χ0) is 61.5. The second kappa shape index (κ2) is 19.0. The first-order valence-corrected chi connectivity index (χ1v) is 31.5. The zero-order valence-corrected chi connectivity index (χ0v) is 50.8. The molecule has 0 unspecified atom stereocenters. The van der Waals surface area contributed by atoms with Crippen molar-refractivity contribution in [2.45, 2.75) is 38.8 Å². The van der Waals surface area contributed by atoms with Gasteiger partial charge in [-0.05, 0) is 141 Å². The van der Waals surface area contributed by atoms with Gasteiger partial charge in [-0.25, -0.2) is 8.78 Å². The quantitative estimate of drug-likeness (QED) is 0.152. The van der Waals surface area contributed by atoms with Crippen LogP contribution in [-0.2, 0) is 11.1 Å². The van der Waals surface area contributed by atoms with E-state index in [1.807, 2.05) is 36.4 Å². The van der Waals surface area contributed by atoms with Gasteiger partial charge in [-0.15, -0.1) is 0 Å².